The predicted molar refractivity (Wildman–Crippen MR) is 126 cm³/mol. The van der Waals surface area contributed by atoms with Crippen LogP contribution in [0.2, 0.25) is 0 Å². The van der Waals surface area contributed by atoms with E-state index in [0.717, 1.165) is 38.6 Å². The second kappa shape index (κ2) is 9.88. The van der Waals surface area contributed by atoms with Gasteiger partial charge < -0.3 is 15.1 Å². The van der Waals surface area contributed by atoms with Gasteiger partial charge in [-0.15, -0.1) is 0 Å². The third-order valence-corrected chi connectivity index (χ3v) is 7.41. The SMILES string of the molecule is CC(=O)NCCN1CCC(CCCN2c3ccccc3Sc3ccc(C)cc32)CC1. The van der Waals surface area contributed by atoms with Crippen molar-refractivity contribution >= 4 is 29.0 Å². The van der Waals surface area contributed by atoms with Gasteiger partial charge in [0.1, 0.15) is 0 Å². The highest BCUT2D eigenvalue weighted by atomic mass is 32.2. The fourth-order valence-corrected chi connectivity index (χ4v) is 5.68. The fourth-order valence-electron chi connectivity index (χ4n) is 4.61. The van der Waals surface area contributed by atoms with Gasteiger partial charge in [0.15, 0.2) is 0 Å². The first-order valence-corrected chi connectivity index (χ1v) is 12.0. The predicted octanol–water partition coefficient (Wildman–Crippen LogP) is 5.23. The van der Waals surface area contributed by atoms with E-state index in [1.54, 1.807) is 6.92 Å². The van der Waals surface area contributed by atoms with Crippen LogP contribution in [0.25, 0.3) is 0 Å². The van der Waals surface area contributed by atoms with E-state index >= 15 is 0 Å². The molecule has 1 fully saturated rings. The minimum Gasteiger partial charge on any atom is -0.355 e. The van der Waals surface area contributed by atoms with Gasteiger partial charge in [0, 0.05) is 36.3 Å². The lowest BCUT2D eigenvalue weighted by atomic mass is 9.92. The van der Waals surface area contributed by atoms with Gasteiger partial charge in [-0.05, 0) is 81.4 Å². The van der Waals surface area contributed by atoms with Gasteiger partial charge in [-0.1, -0.05) is 30.0 Å². The van der Waals surface area contributed by atoms with Crippen molar-refractivity contribution in [1.82, 2.24) is 10.2 Å². The topological polar surface area (TPSA) is 35.6 Å². The molecule has 5 heteroatoms. The Morgan fingerprint density at radius 2 is 1.83 bits per heavy atom. The Hall–Kier alpha value is -1.98. The standard InChI is InChI=1S/C25H33N3OS/c1-19-9-10-25-23(18-19)28(22-7-3-4-8-24(22)30-25)14-5-6-21-11-15-27(16-12-21)17-13-26-20(2)29/h3-4,7-10,18,21H,5-6,11-17H2,1-2H3,(H,26,29). The van der Waals surface area contributed by atoms with E-state index in [4.69, 9.17) is 0 Å². The summed E-state index contributed by atoms with van der Waals surface area (Å²) in [6, 6.07) is 15.6. The maximum Gasteiger partial charge on any atom is 0.216 e. The van der Waals surface area contributed by atoms with Crippen LogP contribution in [-0.2, 0) is 4.79 Å². The second-order valence-electron chi connectivity index (χ2n) is 8.60. The Kier molecular flexibility index (Phi) is 7.00. The molecule has 2 heterocycles. The van der Waals surface area contributed by atoms with Crippen LogP contribution in [0.15, 0.2) is 52.3 Å². The Morgan fingerprint density at radius 3 is 2.63 bits per heavy atom. The molecule has 0 radical (unpaired) electrons. The molecule has 1 saturated heterocycles. The number of hydrogen-bond donors (Lipinski definition) is 1. The molecule has 1 N–H and O–H groups in total. The number of anilines is 2. The molecule has 4 rings (SSSR count). The van der Waals surface area contributed by atoms with Gasteiger partial charge in [-0.25, -0.2) is 0 Å². The Morgan fingerprint density at radius 1 is 1.07 bits per heavy atom. The number of carbonyl (C=O) groups excluding carboxylic acids is 1. The first-order valence-electron chi connectivity index (χ1n) is 11.2. The van der Waals surface area contributed by atoms with E-state index in [1.807, 2.05) is 11.8 Å². The molecular formula is C25H33N3OS. The van der Waals surface area contributed by atoms with Crippen molar-refractivity contribution in [2.45, 2.75) is 49.3 Å². The van der Waals surface area contributed by atoms with Gasteiger partial charge in [0.25, 0.3) is 0 Å². The number of aryl methyl sites for hydroxylation is 1. The van der Waals surface area contributed by atoms with Gasteiger partial charge in [-0.2, -0.15) is 0 Å². The van der Waals surface area contributed by atoms with E-state index < -0.39 is 0 Å². The third-order valence-electron chi connectivity index (χ3n) is 6.28. The zero-order valence-corrected chi connectivity index (χ0v) is 19.0. The number of amides is 1. The molecule has 4 nitrogen and oxygen atoms in total. The van der Waals surface area contributed by atoms with Crippen molar-refractivity contribution in [1.29, 1.82) is 0 Å². The molecule has 0 aromatic heterocycles. The normalized spacial score (nSPS) is 16.8. The lowest BCUT2D eigenvalue weighted by molar-refractivity contribution is -0.119. The van der Waals surface area contributed by atoms with Crippen LogP contribution in [-0.4, -0.2) is 43.5 Å². The fraction of sp³-hybridized carbons (Fsp3) is 0.480. The summed E-state index contributed by atoms with van der Waals surface area (Å²) >= 11 is 1.89. The summed E-state index contributed by atoms with van der Waals surface area (Å²) in [6.45, 7) is 8.92. The molecule has 30 heavy (non-hydrogen) atoms. The highest BCUT2D eigenvalue weighted by Crippen LogP contribution is 2.48. The van der Waals surface area contributed by atoms with Crippen LogP contribution in [0.4, 0.5) is 11.4 Å². The number of likely N-dealkylation sites (tertiary alicyclic amines) is 1. The maximum atomic E-state index is 11.0. The lowest BCUT2D eigenvalue weighted by Gasteiger charge is -2.35. The smallest absolute Gasteiger partial charge is 0.216 e. The van der Waals surface area contributed by atoms with Gasteiger partial charge >= 0.3 is 0 Å². The van der Waals surface area contributed by atoms with Crippen molar-refractivity contribution in [2.75, 3.05) is 37.6 Å². The molecule has 0 bridgehead atoms. The third kappa shape index (κ3) is 5.19. The number of fused-ring (bicyclic) bond motifs is 2. The summed E-state index contributed by atoms with van der Waals surface area (Å²) in [5.41, 5.74) is 4.05. The van der Waals surface area contributed by atoms with E-state index in [1.165, 1.54) is 52.4 Å². The van der Waals surface area contributed by atoms with Crippen molar-refractivity contribution in [3.05, 3.63) is 48.0 Å². The molecule has 0 saturated carbocycles. The second-order valence-corrected chi connectivity index (χ2v) is 9.69. The first-order chi connectivity index (χ1) is 14.6. The van der Waals surface area contributed by atoms with Crippen LogP contribution in [0, 0.1) is 12.8 Å². The van der Waals surface area contributed by atoms with Crippen LogP contribution in [0.1, 0.15) is 38.2 Å². The Labute approximate surface area is 185 Å². The van der Waals surface area contributed by atoms with Gasteiger partial charge in [0.2, 0.25) is 5.91 Å². The number of nitrogens with zero attached hydrogens (tertiary/aromatic N) is 2. The number of nitrogens with one attached hydrogen (secondary N) is 1. The van der Waals surface area contributed by atoms with Crippen LogP contribution in [0.3, 0.4) is 0 Å². The van der Waals surface area contributed by atoms with E-state index in [0.29, 0.717) is 0 Å². The highest BCUT2D eigenvalue weighted by molar-refractivity contribution is 7.99. The zero-order chi connectivity index (χ0) is 20.9. The number of carbonyl (C=O) groups is 1. The number of piperidine rings is 1. The van der Waals surface area contributed by atoms with E-state index in [2.05, 4.69) is 64.5 Å². The first kappa shape index (κ1) is 21.3. The van der Waals surface area contributed by atoms with E-state index in [-0.39, 0.29) is 5.91 Å². The van der Waals surface area contributed by atoms with Crippen LogP contribution >= 0.6 is 11.8 Å². The number of hydrogen-bond acceptors (Lipinski definition) is 4. The van der Waals surface area contributed by atoms with Gasteiger partial charge in [0.05, 0.1) is 11.4 Å². The summed E-state index contributed by atoms with van der Waals surface area (Å²) in [7, 11) is 0. The average Bonchev–Trinajstić information content (AvgIpc) is 2.74. The molecule has 0 spiro atoms. The minimum atomic E-state index is 0.0688. The van der Waals surface area contributed by atoms with Crippen molar-refractivity contribution < 1.29 is 4.79 Å². The zero-order valence-electron chi connectivity index (χ0n) is 18.2. The number of rotatable bonds is 7. The number of para-hydroxylation sites is 1. The summed E-state index contributed by atoms with van der Waals surface area (Å²) in [5, 5.41) is 2.91. The minimum absolute atomic E-state index is 0.0688. The molecule has 1 amide bonds. The monoisotopic (exact) mass is 423 g/mol. The quantitative estimate of drug-likeness (QED) is 0.662. The number of benzene rings is 2. The van der Waals surface area contributed by atoms with Crippen LogP contribution < -0.4 is 10.2 Å². The van der Waals surface area contributed by atoms with Crippen molar-refractivity contribution in [2.24, 2.45) is 5.92 Å². The van der Waals surface area contributed by atoms with Crippen molar-refractivity contribution in [3.63, 3.8) is 0 Å². The molecule has 2 aliphatic heterocycles. The molecule has 0 unspecified atom stereocenters. The van der Waals surface area contributed by atoms with E-state index in [9.17, 15) is 4.79 Å². The molecule has 0 aliphatic carbocycles. The molecular weight excluding hydrogens is 390 g/mol. The summed E-state index contributed by atoms with van der Waals surface area (Å²) in [6.07, 6.45) is 5.08. The summed E-state index contributed by atoms with van der Waals surface area (Å²) in [4.78, 5) is 18.8. The summed E-state index contributed by atoms with van der Waals surface area (Å²) in [5.74, 6) is 0.896. The van der Waals surface area contributed by atoms with Gasteiger partial charge in [-0.3, -0.25) is 4.79 Å². The molecule has 160 valence electrons. The molecule has 2 aromatic rings. The molecule has 2 aromatic carbocycles. The van der Waals surface area contributed by atoms with Crippen molar-refractivity contribution in [3.8, 4) is 0 Å². The van der Waals surface area contributed by atoms with Crippen LogP contribution in [0.5, 0.6) is 0 Å². The highest BCUT2D eigenvalue weighted by Gasteiger charge is 2.24. The molecule has 0 atom stereocenters. The molecule has 2 aliphatic rings. The Balaban J connectivity index is 1.31. The maximum absolute atomic E-state index is 11.0. The Bertz CT molecular complexity index is 876. The summed E-state index contributed by atoms with van der Waals surface area (Å²) < 4.78 is 0. The average molecular weight is 424 g/mol. The lowest BCUT2D eigenvalue weighted by Crippen LogP contribution is -2.39. The largest absolute Gasteiger partial charge is 0.355 e.